The lowest BCUT2D eigenvalue weighted by Crippen LogP contribution is -2.30. The zero-order valence-corrected chi connectivity index (χ0v) is 51.0. The molecule has 6 heteroatoms. The Balaban J connectivity index is 4.01. The Bertz CT molecular complexity index is 1310. The van der Waals surface area contributed by atoms with Crippen molar-refractivity contribution >= 4 is 17.9 Å². The minimum Gasteiger partial charge on any atom is -0.462 e. The predicted molar refractivity (Wildman–Crippen MR) is 330 cm³/mol. The van der Waals surface area contributed by atoms with E-state index < -0.39 is 6.10 Å². The van der Waals surface area contributed by atoms with E-state index in [1.54, 1.807) is 0 Å². The Labute approximate surface area is 473 Å². The monoisotopic (exact) mass is 1060 g/mol. The summed E-state index contributed by atoms with van der Waals surface area (Å²) < 4.78 is 16.8. The van der Waals surface area contributed by atoms with Gasteiger partial charge in [-0.25, -0.2) is 0 Å². The molecule has 0 aromatic heterocycles. The van der Waals surface area contributed by atoms with Gasteiger partial charge in [-0.1, -0.05) is 345 Å². The average Bonchev–Trinajstić information content (AvgIpc) is 3.42. The van der Waals surface area contributed by atoms with Crippen LogP contribution in [0.3, 0.4) is 0 Å². The molecule has 0 fully saturated rings. The smallest absolute Gasteiger partial charge is 0.306 e. The van der Waals surface area contributed by atoms with Crippen LogP contribution in [0.5, 0.6) is 0 Å². The summed E-state index contributed by atoms with van der Waals surface area (Å²) in [4.78, 5) is 38.1. The summed E-state index contributed by atoms with van der Waals surface area (Å²) in [5, 5.41) is 0. The number of unbranched alkanes of at least 4 members (excludes halogenated alkanes) is 43. The molecule has 0 aliphatic rings. The number of ether oxygens (including phenoxy) is 3. The summed E-state index contributed by atoms with van der Waals surface area (Å²) >= 11 is 0. The van der Waals surface area contributed by atoms with Gasteiger partial charge >= 0.3 is 17.9 Å². The van der Waals surface area contributed by atoms with E-state index in [9.17, 15) is 14.4 Å². The molecule has 0 rings (SSSR count). The van der Waals surface area contributed by atoms with Crippen LogP contribution < -0.4 is 0 Å². The summed E-state index contributed by atoms with van der Waals surface area (Å²) in [7, 11) is 0. The molecule has 76 heavy (non-hydrogen) atoms. The topological polar surface area (TPSA) is 78.9 Å². The zero-order chi connectivity index (χ0) is 55.0. The fraction of sp³-hybridized carbons (Fsp3) is 0.843. The quantitative estimate of drug-likeness (QED) is 0.0261. The third-order valence-corrected chi connectivity index (χ3v) is 15.1. The highest BCUT2D eigenvalue weighted by molar-refractivity contribution is 5.71. The van der Waals surface area contributed by atoms with E-state index in [0.29, 0.717) is 19.3 Å². The third-order valence-electron chi connectivity index (χ3n) is 15.1. The fourth-order valence-corrected chi connectivity index (χ4v) is 10.1. The molecule has 0 aromatic rings. The van der Waals surface area contributed by atoms with E-state index in [2.05, 4.69) is 63.3 Å². The molecular formula is C70H128O6. The van der Waals surface area contributed by atoms with E-state index in [4.69, 9.17) is 14.2 Å². The van der Waals surface area contributed by atoms with Crippen molar-refractivity contribution in [3.05, 3.63) is 48.6 Å². The highest BCUT2D eigenvalue weighted by Gasteiger charge is 2.19. The maximum atomic E-state index is 12.8. The first-order chi connectivity index (χ1) is 37.5. The molecule has 0 N–H and O–H groups in total. The predicted octanol–water partition coefficient (Wildman–Crippen LogP) is 22.9. The van der Waals surface area contributed by atoms with Crippen molar-refractivity contribution in [1.29, 1.82) is 0 Å². The van der Waals surface area contributed by atoms with Gasteiger partial charge in [0.05, 0.1) is 0 Å². The van der Waals surface area contributed by atoms with Crippen LogP contribution in [0.25, 0.3) is 0 Å². The molecule has 1 atom stereocenters. The molecule has 0 saturated heterocycles. The first-order valence-corrected chi connectivity index (χ1v) is 33.6. The summed E-state index contributed by atoms with van der Waals surface area (Å²) in [6, 6.07) is 0. The van der Waals surface area contributed by atoms with Gasteiger partial charge in [0.15, 0.2) is 6.10 Å². The van der Waals surface area contributed by atoms with Crippen LogP contribution in [-0.4, -0.2) is 37.2 Å². The molecule has 0 aromatic carbocycles. The van der Waals surface area contributed by atoms with Crippen LogP contribution in [0.2, 0.25) is 0 Å². The van der Waals surface area contributed by atoms with Gasteiger partial charge in [-0.3, -0.25) is 14.4 Å². The number of rotatable bonds is 62. The van der Waals surface area contributed by atoms with Crippen LogP contribution >= 0.6 is 0 Å². The molecule has 444 valence electrons. The molecular weight excluding hydrogens is 937 g/mol. The third kappa shape index (κ3) is 62.2. The Morgan fingerprint density at radius 1 is 0.276 bits per heavy atom. The van der Waals surface area contributed by atoms with Crippen LogP contribution in [0.1, 0.15) is 361 Å². The first-order valence-electron chi connectivity index (χ1n) is 33.6. The number of hydrogen-bond acceptors (Lipinski definition) is 6. The summed E-state index contributed by atoms with van der Waals surface area (Å²) in [5.41, 5.74) is 0. The van der Waals surface area contributed by atoms with Gasteiger partial charge in [0.1, 0.15) is 13.2 Å². The van der Waals surface area contributed by atoms with E-state index >= 15 is 0 Å². The van der Waals surface area contributed by atoms with Crippen molar-refractivity contribution in [2.45, 2.75) is 367 Å². The number of carbonyl (C=O) groups is 3. The highest BCUT2D eigenvalue weighted by Crippen LogP contribution is 2.18. The zero-order valence-electron chi connectivity index (χ0n) is 51.0. The van der Waals surface area contributed by atoms with Gasteiger partial charge in [-0.05, 0) is 44.9 Å². The number of esters is 3. The minimum atomic E-state index is -0.807. The lowest BCUT2D eigenvalue weighted by Gasteiger charge is -2.18. The van der Waals surface area contributed by atoms with Crippen molar-refractivity contribution in [2.75, 3.05) is 13.2 Å². The Hall–Kier alpha value is -2.63. The second-order valence-electron chi connectivity index (χ2n) is 22.7. The van der Waals surface area contributed by atoms with Crippen LogP contribution in [0.4, 0.5) is 0 Å². The van der Waals surface area contributed by atoms with Crippen molar-refractivity contribution in [3.63, 3.8) is 0 Å². The average molecular weight is 1070 g/mol. The van der Waals surface area contributed by atoms with Crippen molar-refractivity contribution in [3.8, 4) is 0 Å². The van der Waals surface area contributed by atoms with Gasteiger partial charge in [-0.15, -0.1) is 0 Å². The molecule has 0 saturated carbocycles. The Morgan fingerprint density at radius 2 is 0.513 bits per heavy atom. The highest BCUT2D eigenvalue weighted by atomic mass is 16.6. The lowest BCUT2D eigenvalue weighted by atomic mass is 10.0. The summed E-state index contributed by atoms with van der Waals surface area (Å²) in [6.45, 7) is 6.50. The largest absolute Gasteiger partial charge is 0.462 e. The molecule has 0 aliphatic carbocycles. The van der Waals surface area contributed by atoms with Crippen LogP contribution in [-0.2, 0) is 28.6 Å². The lowest BCUT2D eigenvalue weighted by molar-refractivity contribution is -0.166. The van der Waals surface area contributed by atoms with Crippen molar-refractivity contribution in [2.24, 2.45) is 0 Å². The molecule has 0 bridgehead atoms. The van der Waals surface area contributed by atoms with E-state index in [-0.39, 0.29) is 37.5 Å². The molecule has 0 aliphatic heterocycles. The molecule has 0 amide bonds. The van der Waals surface area contributed by atoms with Gasteiger partial charge < -0.3 is 14.2 Å². The van der Waals surface area contributed by atoms with Gasteiger partial charge in [0, 0.05) is 19.3 Å². The fourth-order valence-electron chi connectivity index (χ4n) is 10.1. The van der Waals surface area contributed by atoms with Crippen molar-refractivity contribution < 1.29 is 28.6 Å². The Kier molecular flexibility index (Phi) is 62.6. The molecule has 1 unspecified atom stereocenters. The maximum absolute atomic E-state index is 12.8. The van der Waals surface area contributed by atoms with E-state index in [0.717, 1.165) is 64.2 Å². The van der Waals surface area contributed by atoms with Gasteiger partial charge in [-0.2, -0.15) is 0 Å². The second-order valence-corrected chi connectivity index (χ2v) is 22.7. The van der Waals surface area contributed by atoms with E-state index in [1.807, 2.05) is 6.08 Å². The molecule has 0 spiro atoms. The van der Waals surface area contributed by atoms with Gasteiger partial charge in [0.25, 0.3) is 0 Å². The first kappa shape index (κ1) is 73.4. The summed E-state index contributed by atoms with van der Waals surface area (Å²) in [5.74, 6) is -0.963. The Morgan fingerprint density at radius 3 is 0.776 bits per heavy atom. The molecule has 6 nitrogen and oxygen atoms in total. The maximum Gasteiger partial charge on any atom is 0.306 e. The van der Waals surface area contributed by atoms with E-state index in [1.165, 1.54) is 250 Å². The van der Waals surface area contributed by atoms with Crippen LogP contribution in [0, 0.1) is 0 Å². The van der Waals surface area contributed by atoms with Gasteiger partial charge in [0.2, 0.25) is 0 Å². The molecule has 0 radical (unpaired) electrons. The number of hydrogen-bond donors (Lipinski definition) is 0. The SMILES string of the molecule is CC/C=C\C/C=C\C/C=C\C/C=C\CCC(=O)OC(COC(=O)CCCCCCCCCCCCC)COC(=O)CCCCCCCCCCCCCCCCCCCCCCCCCCCCCCCCCCCC. The van der Waals surface area contributed by atoms with Crippen molar-refractivity contribution in [1.82, 2.24) is 0 Å². The second kappa shape index (κ2) is 64.9. The normalized spacial score (nSPS) is 12.3. The number of carbonyl (C=O) groups excluding carboxylic acids is 3. The minimum absolute atomic E-state index is 0.0973. The summed E-state index contributed by atoms with van der Waals surface area (Å²) in [6.07, 6.45) is 81.9. The molecule has 0 heterocycles. The van der Waals surface area contributed by atoms with Crippen LogP contribution in [0.15, 0.2) is 48.6 Å². The standard InChI is InChI=1S/C70H128O6/c1-4-7-10-13-16-19-22-24-25-26-27-28-29-30-31-32-33-34-35-36-37-38-39-40-41-42-43-44-46-48-51-54-57-60-63-69(72)75-66-67(65-74-68(71)62-59-56-53-50-47-21-18-15-12-9-6-3)76-70(73)64-61-58-55-52-49-45-23-20-17-14-11-8-5-2/h8,11,17,20,45,49,55,58,67H,4-7,9-10,12-16,18-19,21-44,46-48,50-54,56-57,59-66H2,1-3H3/b11-8-,20-17-,49-45-,58-55-. The number of allylic oxidation sites excluding steroid dienone is 8.